The zero-order valence-corrected chi connectivity index (χ0v) is 9.64. The lowest BCUT2D eigenvalue weighted by molar-refractivity contribution is 0.127. The monoisotopic (exact) mass is 214 g/mol. The standard InChI is InChI=1S/C10H18N2OS/c1-8-10(3-5-13-8)14-6-4-9(7-11)12-2/h8-10,12H,3-6H2,1-2H3. The van der Waals surface area contributed by atoms with Gasteiger partial charge >= 0.3 is 0 Å². The van der Waals surface area contributed by atoms with Gasteiger partial charge in [0.1, 0.15) is 0 Å². The molecule has 0 amide bonds. The summed E-state index contributed by atoms with van der Waals surface area (Å²) in [6, 6.07) is 2.23. The Morgan fingerprint density at radius 3 is 3.00 bits per heavy atom. The van der Waals surface area contributed by atoms with E-state index in [0.717, 1.165) is 25.2 Å². The van der Waals surface area contributed by atoms with Crippen molar-refractivity contribution < 1.29 is 4.74 Å². The highest BCUT2D eigenvalue weighted by atomic mass is 32.2. The molecule has 3 nitrogen and oxygen atoms in total. The molecule has 0 aromatic heterocycles. The Morgan fingerprint density at radius 2 is 2.50 bits per heavy atom. The zero-order valence-electron chi connectivity index (χ0n) is 8.82. The third-order valence-electron chi connectivity index (χ3n) is 2.55. The van der Waals surface area contributed by atoms with E-state index in [2.05, 4.69) is 18.3 Å². The van der Waals surface area contributed by atoms with Gasteiger partial charge in [0.25, 0.3) is 0 Å². The van der Waals surface area contributed by atoms with Gasteiger partial charge in [-0.1, -0.05) is 0 Å². The van der Waals surface area contributed by atoms with Gasteiger partial charge in [0.2, 0.25) is 0 Å². The topological polar surface area (TPSA) is 45.0 Å². The fourth-order valence-corrected chi connectivity index (χ4v) is 2.83. The van der Waals surface area contributed by atoms with Crippen LogP contribution in [-0.2, 0) is 4.74 Å². The van der Waals surface area contributed by atoms with E-state index >= 15 is 0 Å². The third kappa shape index (κ3) is 3.49. The van der Waals surface area contributed by atoms with Gasteiger partial charge in [-0.3, -0.25) is 0 Å². The summed E-state index contributed by atoms with van der Waals surface area (Å²) in [7, 11) is 1.83. The number of thioether (sulfide) groups is 1. The fourth-order valence-electron chi connectivity index (χ4n) is 1.54. The van der Waals surface area contributed by atoms with Crippen LogP contribution in [0, 0.1) is 11.3 Å². The molecule has 0 radical (unpaired) electrons. The van der Waals surface area contributed by atoms with Crippen LogP contribution in [0.5, 0.6) is 0 Å². The minimum Gasteiger partial charge on any atom is -0.377 e. The third-order valence-corrected chi connectivity index (χ3v) is 4.07. The average molecular weight is 214 g/mol. The van der Waals surface area contributed by atoms with Crippen LogP contribution in [0.3, 0.4) is 0 Å². The molecule has 1 aliphatic rings. The molecule has 0 aromatic carbocycles. The number of rotatable bonds is 5. The number of ether oxygens (including phenoxy) is 1. The van der Waals surface area contributed by atoms with Crippen molar-refractivity contribution in [3.05, 3.63) is 0 Å². The first-order valence-electron chi connectivity index (χ1n) is 5.08. The van der Waals surface area contributed by atoms with Gasteiger partial charge < -0.3 is 10.1 Å². The summed E-state index contributed by atoms with van der Waals surface area (Å²) in [5.41, 5.74) is 0. The van der Waals surface area contributed by atoms with Crippen LogP contribution in [0.15, 0.2) is 0 Å². The second-order valence-corrected chi connectivity index (χ2v) is 4.88. The van der Waals surface area contributed by atoms with Crippen LogP contribution >= 0.6 is 11.8 Å². The van der Waals surface area contributed by atoms with Crippen LogP contribution in [-0.4, -0.2) is 36.8 Å². The molecular weight excluding hydrogens is 196 g/mol. The van der Waals surface area contributed by atoms with Crippen molar-refractivity contribution in [2.24, 2.45) is 0 Å². The van der Waals surface area contributed by atoms with Crippen molar-refractivity contribution in [3.63, 3.8) is 0 Å². The SMILES string of the molecule is CNC(C#N)CCSC1CCOC1C. The minimum absolute atomic E-state index is 0.000118. The molecule has 14 heavy (non-hydrogen) atoms. The summed E-state index contributed by atoms with van der Waals surface area (Å²) >= 11 is 1.94. The largest absolute Gasteiger partial charge is 0.377 e. The van der Waals surface area contributed by atoms with E-state index in [1.54, 1.807) is 0 Å². The van der Waals surface area contributed by atoms with Gasteiger partial charge in [-0.2, -0.15) is 17.0 Å². The molecule has 4 heteroatoms. The summed E-state index contributed by atoms with van der Waals surface area (Å²) in [5.74, 6) is 1.04. The predicted molar refractivity (Wildman–Crippen MR) is 59.4 cm³/mol. The summed E-state index contributed by atoms with van der Waals surface area (Å²) in [4.78, 5) is 0. The van der Waals surface area contributed by atoms with E-state index < -0.39 is 0 Å². The lowest BCUT2D eigenvalue weighted by Gasteiger charge is -2.14. The van der Waals surface area contributed by atoms with E-state index in [1.807, 2.05) is 18.8 Å². The fraction of sp³-hybridized carbons (Fsp3) is 0.900. The Morgan fingerprint density at radius 1 is 1.71 bits per heavy atom. The van der Waals surface area contributed by atoms with Gasteiger partial charge in [0.15, 0.2) is 0 Å². The lowest BCUT2D eigenvalue weighted by Crippen LogP contribution is -2.24. The summed E-state index contributed by atoms with van der Waals surface area (Å²) in [6.07, 6.45) is 2.46. The molecule has 0 spiro atoms. The average Bonchev–Trinajstić information content (AvgIpc) is 2.59. The predicted octanol–water partition coefficient (Wildman–Crippen LogP) is 1.40. The Labute approximate surface area is 90.2 Å². The highest BCUT2D eigenvalue weighted by molar-refractivity contribution is 7.99. The second-order valence-electron chi connectivity index (χ2n) is 3.53. The van der Waals surface area contributed by atoms with Gasteiger partial charge in [0.05, 0.1) is 18.2 Å². The molecule has 1 N–H and O–H groups in total. The highest BCUT2D eigenvalue weighted by Gasteiger charge is 2.24. The van der Waals surface area contributed by atoms with Crippen molar-refractivity contribution in [2.45, 2.75) is 37.2 Å². The van der Waals surface area contributed by atoms with Crippen LogP contribution < -0.4 is 5.32 Å². The second kappa shape index (κ2) is 6.28. The molecule has 3 unspecified atom stereocenters. The molecular formula is C10H18N2OS. The Kier molecular flexibility index (Phi) is 5.31. The van der Waals surface area contributed by atoms with Crippen molar-refractivity contribution in [1.29, 1.82) is 5.26 Å². The molecule has 0 saturated carbocycles. The summed E-state index contributed by atoms with van der Waals surface area (Å²) in [6.45, 7) is 3.02. The summed E-state index contributed by atoms with van der Waals surface area (Å²) in [5, 5.41) is 12.3. The Bertz CT molecular complexity index is 205. The normalized spacial score (nSPS) is 28.6. The molecule has 3 atom stereocenters. The Balaban J connectivity index is 2.12. The van der Waals surface area contributed by atoms with E-state index in [-0.39, 0.29) is 6.04 Å². The maximum Gasteiger partial charge on any atom is 0.0958 e. The van der Waals surface area contributed by atoms with Gasteiger partial charge in [-0.15, -0.1) is 0 Å². The first kappa shape index (κ1) is 11.8. The maximum atomic E-state index is 8.72. The zero-order chi connectivity index (χ0) is 10.4. The summed E-state index contributed by atoms with van der Waals surface area (Å²) < 4.78 is 5.47. The first-order chi connectivity index (χ1) is 6.77. The first-order valence-corrected chi connectivity index (χ1v) is 6.13. The quantitative estimate of drug-likeness (QED) is 0.751. The van der Waals surface area contributed by atoms with E-state index in [4.69, 9.17) is 10.00 Å². The van der Waals surface area contributed by atoms with Crippen molar-refractivity contribution in [2.75, 3.05) is 19.4 Å². The molecule has 80 valence electrons. The number of nitrogens with one attached hydrogen (secondary N) is 1. The minimum atomic E-state index is 0.000118. The number of nitriles is 1. The van der Waals surface area contributed by atoms with E-state index in [1.165, 1.54) is 0 Å². The number of hydrogen-bond donors (Lipinski definition) is 1. The van der Waals surface area contributed by atoms with Crippen molar-refractivity contribution in [1.82, 2.24) is 5.32 Å². The molecule has 0 bridgehead atoms. The van der Waals surface area contributed by atoms with Gasteiger partial charge in [0, 0.05) is 11.9 Å². The maximum absolute atomic E-state index is 8.72. The van der Waals surface area contributed by atoms with E-state index in [9.17, 15) is 0 Å². The highest BCUT2D eigenvalue weighted by Crippen LogP contribution is 2.26. The Hall–Kier alpha value is -0.240. The lowest BCUT2D eigenvalue weighted by atomic mass is 10.2. The van der Waals surface area contributed by atoms with E-state index in [0.29, 0.717) is 11.4 Å². The van der Waals surface area contributed by atoms with Gasteiger partial charge in [-0.25, -0.2) is 0 Å². The van der Waals surface area contributed by atoms with Crippen LogP contribution in [0.4, 0.5) is 0 Å². The molecule has 0 aliphatic carbocycles. The van der Waals surface area contributed by atoms with Gasteiger partial charge in [-0.05, 0) is 32.6 Å². The molecule has 1 rings (SSSR count). The van der Waals surface area contributed by atoms with Crippen molar-refractivity contribution >= 4 is 11.8 Å². The van der Waals surface area contributed by atoms with Crippen LogP contribution in [0.1, 0.15) is 19.8 Å². The molecule has 1 heterocycles. The molecule has 1 fully saturated rings. The molecule has 1 saturated heterocycles. The smallest absolute Gasteiger partial charge is 0.0958 e. The van der Waals surface area contributed by atoms with Crippen LogP contribution in [0.2, 0.25) is 0 Å². The van der Waals surface area contributed by atoms with Crippen molar-refractivity contribution in [3.8, 4) is 6.07 Å². The molecule has 1 aliphatic heterocycles. The number of nitrogens with zero attached hydrogens (tertiary/aromatic N) is 1. The molecule has 0 aromatic rings. The number of hydrogen-bond acceptors (Lipinski definition) is 4. The van der Waals surface area contributed by atoms with Crippen LogP contribution in [0.25, 0.3) is 0 Å².